The van der Waals surface area contributed by atoms with Crippen LogP contribution >= 0.6 is 0 Å². The summed E-state index contributed by atoms with van der Waals surface area (Å²) in [6, 6.07) is 11.1. The van der Waals surface area contributed by atoms with Crippen molar-refractivity contribution in [1.29, 1.82) is 0 Å². The summed E-state index contributed by atoms with van der Waals surface area (Å²) in [4.78, 5) is 18.1. The first kappa shape index (κ1) is 14.8. The smallest absolute Gasteiger partial charge is 0.250 e. The number of hydrogen-bond acceptors (Lipinski definition) is 4. The van der Waals surface area contributed by atoms with Crippen LogP contribution < -0.4 is 16.4 Å². The molecule has 0 saturated heterocycles. The van der Waals surface area contributed by atoms with Crippen molar-refractivity contribution < 1.29 is 4.79 Å². The van der Waals surface area contributed by atoms with E-state index in [1.165, 1.54) is 0 Å². The first-order valence-electron chi connectivity index (χ1n) is 6.88. The van der Waals surface area contributed by atoms with Gasteiger partial charge in [0.25, 0.3) is 5.91 Å². The van der Waals surface area contributed by atoms with Crippen LogP contribution in [0.25, 0.3) is 0 Å². The Morgan fingerprint density at radius 3 is 2.57 bits per heavy atom. The molecule has 0 radical (unpaired) electrons. The van der Waals surface area contributed by atoms with Gasteiger partial charge in [0.2, 0.25) is 0 Å². The summed E-state index contributed by atoms with van der Waals surface area (Å²) < 4.78 is 0. The maximum absolute atomic E-state index is 11.6. The minimum absolute atomic E-state index is 0.435. The number of nitrogens with two attached hydrogens (primary N) is 2. The number of nitrogen functional groups attached to an aromatic ring is 1. The summed E-state index contributed by atoms with van der Waals surface area (Å²) in [6.07, 6.45) is 0. The average Bonchev–Trinajstić information content (AvgIpc) is 2.45. The molecule has 0 atom stereocenters. The molecule has 1 aromatic carbocycles. The van der Waals surface area contributed by atoms with E-state index in [-0.39, 0.29) is 0 Å². The van der Waals surface area contributed by atoms with Crippen LogP contribution in [-0.2, 0) is 6.54 Å². The lowest BCUT2D eigenvalue weighted by molar-refractivity contribution is 0.100. The lowest BCUT2D eigenvalue weighted by Gasteiger charge is -2.26. The van der Waals surface area contributed by atoms with Crippen molar-refractivity contribution in [3.8, 4) is 0 Å². The van der Waals surface area contributed by atoms with E-state index in [9.17, 15) is 4.79 Å². The molecule has 0 unspecified atom stereocenters. The van der Waals surface area contributed by atoms with Crippen molar-refractivity contribution in [3.63, 3.8) is 0 Å². The van der Waals surface area contributed by atoms with E-state index in [4.69, 9.17) is 11.5 Å². The zero-order valence-corrected chi connectivity index (χ0v) is 12.3. The molecular weight excluding hydrogens is 264 g/mol. The fourth-order valence-electron chi connectivity index (χ4n) is 2.35. The van der Waals surface area contributed by atoms with E-state index in [1.54, 1.807) is 18.2 Å². The Morgan fingerprint density at radius 2 is 1.95 bits per heavy atom. The topological polar surface area (TPSA) is 85.2 Å². The number of pyridine rings is 1. The zero-order chi connectivity index (χ0) is 15.4. The Labute approximate surface area is 124 Å². The van der Waals surface area contributed by atoms with Crippen LogP contribution in [0.3, 0.4) is 0 Å². The van der Waals surface area contributed by atoms with E-state index >= 15 is 0 Å². The number of aromatic nitrogens is 1. The van der Waals surface area contributed by atoms with E-state index in [0.717, 1.165) is 11.4 Å². The van der Waals surface area contributed by atoms with E-state index in [2.05, 4.69) is 4.98 Å². The fraction of sp³-hybridized carbons (Fsp3) is 0.250. The minimum atomic E-state index is -0.479. The number of carbonyl (C=O) groups excluding carboxylic acids is 1. The summed E-state index contributed by atoms with van der Waals surface area (Å²) >= 11 is 0. The molecule has 2 rings (SSSR count). The van der Waals surface area contributed by atoms with E-state index in [1.807, 2.05) is 36.9 Å². The number of amides is 1. The van der Waals surface area contributed by atoms with Crippen molar-refractivity contribution in [2.45, 2.75) is 20.4 Å². The highest BCUT2D eigenvalue weighted by molar-refractivity contribution is 6.01. The Bertz CT molecular complexity index is 654. The number of benzene rings is 1. The number of hydrogen-bond donors (Lipinski definition) is 2. The molecule has 110 valence electrons. The second-order valence-corrected chi connectivity index (χ2v) is 4.89. The number of rotatable bonds is 5. The SMILES string of the molecule is CCN(Cc1cccc(C)n1)c1c(N)cccc1C(N)=O. The average molecular weight is 284 g/mol. The summed E-state index contributed by atoms with van der Waals surface area (Å²) in [7, 11) is 0. The molecule has 0 aliphatic rings. The van der Waals surface area contributed by atoms with E-state index < -0.39 is 5.91 Å². The van der Waals surface area contributed by atoms with Gasteiger partial charge in [0.05, 0.1) is 29.2 Å². The Morgan fingerprint density at radius 1 is 1.24 bits per heavy atom. The standard InChI is InChI=1S/C16H20N4O/c1-3-20(10-12-7-4-6-11(2)19-12)15-13(16(18)21)8-5-9-14(15)17/h4-9H,3,10,17H2,1-2H3,(H2,18,21). The van der Waals surface area contributed by atoms with Crippen LogP contribution in [0.15, 0.2) is 36.4 Å². The summed E-state index contributed by atoms with van der Waals surface area (Å²) in [5.74, 6) is -0.479. The van der Waals surface area contributed by atoms with Crippen LogP contribution in [-0.4, -0.2) is 17.4 Å². The molecule has 4 N–H and O–H groups in total. The number of carbonyl (C=O) groups is 1. The first-order chi connectivity index (χ1) is 10.0. The number of para-hydroxylation sites is 1. The molecule has 1 amide bonds. The summed E-state index contributed by atoms with van der Waals surface area (Å²) in [5.41, 5.74) is 15.0. The summed E-state index contributed by atoms with van der Waals surface area (Å²) in [6.45, 7) is 5.23. The van der Waals surface area contributed by atoms with Crippen LogP contribution in [0.1, 0.15) is 28.7 Å². The highest BCUT2D eigenvalue weighted by atomic mass is 16.1. The van der Waals surface area contributed by atoms with Crippen LogP contribution in [0, 0.1) is 6.92 Å². The van der Waals surface area contributed by atoms with Crippen molar-refractivity contribution in [2.75, 3.05) is 17.2 Å². The normalized spacial score (nSPS) is 10.4. The van der Waals surface area contributed by atoms with E-state index in [0.29, 0.717) is 30.0 Å². The number of primary amides is 1. The number of nitrogens with zero attached hydrogens (tertiary/aromatic N) is 2. The molecule has 21 heavy (non-hydrogen) atoms. The van der Waals surface area contributed by atoms with Crippen LogP contribution in [0.2, 0.25) is 0 Å². The second kappa shape index (κ2) is 6.26. The van der Waals surface area contributed by atoms with Gasteiger partial charge in [-0.15, -0.1) is 0 Å². The molecule has 0 aliphatic heterocycles. The maximum Gasteiger partial charge on any atom is 0.250 e. The molecule has 0 fully saturated rings. The Balaban J connectivity index is 2.40. The molecular formula is C16H20N4O. The molecule has 1 aromatic heterocycles. The summed E-state index contributed by atoms with van der Waals surface area (Å²) in [5, 5.41) is 0. The van der Waals surface area contributed by atoms with Gasteiger partial charge in [-0.3, -0.25) is 9.78 Å². The van der Waals surface area contributed by atoms with Gasteiger partial charge in [0.15, 0.2) is 0 Å². The number of anilines is 2. The van der Waals surface area contributed by atoms with Gasteiger partial charge in [-0.1, -0.05) is 12.1 Å². The molecule has 2 aromatic rings. The number of aryl methyl sites for hydroxylation is 1. The van der Waals surface area contributed by atoms with Gasteiger partial charge < -0.3 is 16.4 Å². The molecule has 1 heterocycles. The zero-order valence-electron chi connectivity index (χ0n) is 12.3. The van der Waals surface area contributed by atoms with Crippen molar-refractivity contribution in [3.05, 3.63) is 53.3 Å². The van der Waals surface area contributed by atoms with Gasteiger partial charge in [-0.05, 0) is 38.1 Å². The maximum atomic E-state index is 11.6. The van der Waals surface area contributed by atoms with Gasteiger partial charge >= 0.3 is 0 Å². The molecule has 0 bridgehead atoms. The monoisotopic (exact) mass is 284 g/mol. The predicted molar refractivity (Wildman–Crippen MR) is 85.1 cm³/mol. The third-order valence-corrected chi connectivity index (χ3v) is 3.33. The molecule has 0 saturated carbocycles. The van der Waals surface area contributed by atoms with Gasteiger partial charge in [-0.2, -0.15) is 0 Å². The highest BCUT2D eigenvalue weighted by Crippen LogP contribution is 2.28. The van der Waals surface area contributed by atoms with Crippen molar-refractivity contribution in [1.82, 2.24) is 4.98 Å². The third-order valence-electron chi connectivity index (χ3n) is 3.33. The fourth-order valence-corrected chi connectivity index (χ4v) is 2.35. The van der Waals surface area contributed by atoms with Crippen molar-refractivity contribution >= 4 is 17.3 Å². The third kappa shape index (κ3) is 3.31. The first-order valence-corrected chi connectivity index (χ1v) is 6.88. The van der Waals surface area contributed by atoms with Crippen molar-refractivity contribution in [2.24, 2.45) is 5.73 Å². The predicted octanol–water partition coefficient (Wildman–Crippen LogP) is 2.10. The van der Waals surface area contributed by atoms with Gasteiger partial charge in [-0.25, -0.2) is 0 Å². The minimum Gasteiger partial charge on any atom is -0.397 e. The second-order valence-electron chi connectivity index (χ2n) is 4.89. The molecule has 5 nitrogen and oxygen atoms in total. The van der Waals surface area contributed by atoms with Gasteiger partial charge in [0.1, 0.15) is 0 Å². The quantitative estimate of drug-likeness (QED) is 0.823. The lowest BCUT2D eigenvalue weighted by Crippen LogP contribution is -2.27. The van der Waals surface area contributed by atoms with Crippen LogP contribution in [0.4, 0.5) is 11.4 Å². The highest BCUT2D eigenvalue weighted by Gasteiger charge is 2.17. The van der Waals surface area contributed by atoms with Gasteiger partial charge in [0, 0.05) is 12.2 Å². The molecule has 0 aliphatic carbocycles. The van der Waals surface area contributed by atoms with Crippen LogP contribution in [0.5, 0.6) is 0 Å². The molecule has 5 heteroatoms. The Kier molecular flexibility index (Phi) is 4.42. The molecule has 0 spiro atoms. The lowest BCUT2D eigenvalue weighted by atomic mass is 10.1. The largest absolute Gasteiger partial charge is 0.397 e. The Hall–Kier alpha value is -2.56.